The number of hydrogen-bond acceptors (Lipinski definition) is 7. The van der Waals surface area contributed by atoms with Crippen LogP contribution in [0.3, 0.4) is 0 Å². The Labute approximate surface area is 202 Å². The molecule has 9 heteroatoms. The number of non-ortho nitro benzene ring substituents is 1. The van der Waals surface area contributed by atoms with E-state index >= 15 is 0 Å². The number of carbonyl (C=O) groups excluding carboxylic acids is 2. The van der Waals surface area contributed by atoms with Crippen molar-refractivity contribution in [2.24, 2.45) is 0 Å². The number of methoxy groups -OCH3 is 1. The van der Waals surface area contributed by atoms with Crippen LogP contribution in [0.1, 0.15) is 37.5 Å². The lowest BCUT2D eigenvalue weighted by Gasteiger charge is -2.41. The zero-order valence-corrected chi connectivity index (χ0v) is 20.4. The zero-order chi connectivity index (χ0) is 24.8. The van der Waals surface area contributed by atoms with Crippen LogP contribution >= 0.6 is 11.8 Å². The number of likely N-dealkylation sites (N-methyl/N-ethyl adjacent to an activating group) is 1. The van der Waals surface area contributed by atoms with Gasteiger partial charge in [-0.05, 0) is 55.8 Å². The quantitative estimate of drug-likeness (QED) is 0.319. The van der Waals surface area contributed by atoms with Crippen LogP contribution in [0.15, 0.2) is 47.4 Å². The van der Waals surface area contributed by atoms with Gasteiger partial charge in [-0.25, -0.2) is 0 Å². The van der Waals surface area contributed by atoms with Crippen molar-refractivity contribution in [3.63, 3.8) is 0 Å². The van der Waals surface area contributed by atoms with Gasteiger partial charge in [0.25, 0.3) is 16.8 Å². The molecule has 0 bridgehead atoms. The number of amides is 2. The van der Waals surface area contributed by atoms with E-state index in [1.807, 2.05) is 19.2 Å². The van der Waals surface area contributed by atoms with Gasteiger partial charge >= 0.3 is 0 Å². The van der Waals surface area contributed by atoms with Crippen LogP contribution in [0.5, 0.6) is 5.75 Å². The van der Waals surface area contributed by atoms with E-state index < -0.39 is 16.1 Å². The minimum atomic E-state index is -0.505. The second-order valence-electron chi connectivity index (χ2n) is 8.85. The number of fused-ring (bicyclic) bond motifs is 1. The van der Waals surface area contributed by atoms with Crippen molar-refractivity contribution in [3.05, 3.63) is 74.2 Å². The molecule has 0 N–H and O–H groups in total. The first-order valence-electron chi connectivity index (χ1n) is 10.7. The number of benzene rings is 2. The molecule has 1 fully saturated rings. The van der Waals surface area contributed by atoms with E-state index in [9.17, 15) is 19.7 Å². The molecule has 2 amide bonds. The Hall–Kier alpha value is -3.59. The van der Waals surface area contributed by atoms with Gasteiger partial charge in [0.1, 0.15) is 5.75 Å². The highest BCUT2D eigenvalue weighted by atomic mass is 32.2. The van der Waals surface area contributed by atoms with Crippen molar-refractivity contribution in [1.29, 1.82) is 0 Å². The Bertz CT molecular complexity index is 1280. The van der Waals surface area contributed by atoms with Crippen molar-refractivity contribution in [3.8, 4) is 5.75 Å². The summed E-state index contributed by atoms with van der Waals surface area (Å²) in [4.78, 5) is 39.8. The molecule has 0 unspecified atom stereocenters. The largest absolute Gasteiger partial charge is 0.496 e. The summed E-state index contributed by atoms with van der Waals surface area (Å²) in [5.41, 5.74) is 4.14. The Morgan fingerprint density at radius 2 is 1.94 bits per heavy atom. The Morgan fingerprint density at radius 3 is 2.62 bits per heavy atom. The fourth-order valence-corrected chi connectivity index (χ4v) is 5.04. The number of hydrogen-bond donors (Lipinski definition) is 0. The fourth-order valence-electron chi connectivity index (χ4n) is 4.21. The molecule has 4 rings (SSSR count). The molecule has 0 aliphatic carbocycles. The molecule has 176 valence electrons. The van der Waals surface area contributed by atoms with E-state index in [4.69, 9.17) is 4.74 Å². The summed E-state index contributed by atoms with van der Waals surface area (Å²) in [6, 6.07) is 9.85. The minimum Gasteiger partial charge on any atom is -0.496 e. The predicted molar refractivity (Wildman–Crippen MR) is 134 cm³/mol. The number of nitro groups is 1. The average molecular weight is 480 g/mol. The van der Waals surface area contributed by atoms with Crippen molar-refractivity contribution >= 4 is 45.9 Å². The first-order valence-corrected chi connectivity index (χ1v) is 11.5. The van der Waals surface area contributed by atoms with Crippen molar-refractivity contribution in [1.82, 2.24) is 4.90 Å². The summed E-state index contributed by atoms with van der Waals surface area (Å²) in [5, 5.41) is 10.6. The standard InChI is InChI=1S/C25H25N3O5S/c1-15-13-25(2,3)26(4)20-12-21(33-5)17(10-19(15)20)11-22-23(29)27(24(30)34-22)14-16-7-6-8-18(9-16)28(31)32/h6-13H,14H2,1-5H3/b22-11+. The number of rotatable bonds is 5. The van der Waals surface area contributed by atoms with Crippen LogP contribution in [0.4, 0.5) is 16.2 Å². The number of nitro benzene ring substituents is 1. The molecule has 0 aromatic heterocycles. The summed E-state index contributed by atoms with van der Waals surface area (Å²) in [6.45, 7) is 6.29. The highest BCUT2D eigenvalue weighted by Gasteiger charge is 2.36. The summed E-state index contributed by atoms with van der Waals surface area (Å²) in [5.74, 6) is 0.161. The van der Waals surface area contributed by atoms with Crippen LogP contribution in [0.25, 0.3) is 11.6 Å². The first-order chi connectivity index (χ1) is 16.0. The average Bonchev–Trinajstić information content (AvgIpc) is 3.04. The number of ether oxygens (including phenoxy) is 1. The Balaban J connectivity index is 1.67. The van der Waals surface area contributed by atoms with Gasteiger partial charge in [-0.3, -0.25) is 24.6 Å². The summed E-state index contributed by atoms with van der Waals surface area (Å²) in [7, 11) is 3.60. The third kappa shape index (κ3) is 4.19. The van der Waals surface area contributed by atoms with Gasteiger partial charge in [0.05, 0.1) is 29.0 Å². The molecule has 0 radical (unpaired) electrons. The second kappa shape index (κ2) is 8.64. The van der Waals surface area contributed by atoms with Gasteiger partial charge in [0.15, 0.2) is 0 Å². The maximum atomic E-state index is 13.1. The van der Waals surface area contributed by atoms with Crippen LogP contribution in [0, 0.1) is 10.1 Å². The third-order valence-electron chi connectivity index (χ3n) is 6.19. The first kappa shape index (κ1) is 23.6. The molecule has 1 saturated heterocycles. The van der Waals surface area contributed by atoms with Gasteiger partial charge in [0, 0.05) is 42.1 Å². The minimum absolute atomic E-state index is 0.0350. The van der Waals surface area contributed by atoms with Gasteiger partial charge in [0.2, 0.25) is 0 Å². The summed E-state index contributed by atoms with van der Waals surface area (Å²) >= 11 is 0.848. The normalized spacial score (nSPS) is 18.3. The molecule has 0 atom stereocenters. The monoisotopic (exact) mass is 479 g/mol. The van der Waals surface area contributed by atoms with E-state index in [-0.39, 0.29) is 22.7 Å². The van der Waals surface area contributed by atoms with E-state index in [1.54, 1.807) is 19.3 Å². The molecule has 2 aromatic rings. The molecule has 0 spiro atoms. The smallest absolute Gasteiger partial charge is 0.293 e. The maximum Gasteiger partial charge on any atom is 0.293 e. The predicted octanol–water partition coefficient (Wildman–Crippen LogP) is 5.47. The number of carbonyl (C=O) groups is 2. The highest BCUT2D eigenvalue weighted by Crippen LogP contribution is 2.43. The molecular formula is C25H25N3O5S. The Kier molecular flexibility index (Phi) is 5.99. The van der Waals surface area contributed by atoms with Gasteiger partial charge in [-0.15, -0.1) is 0 Å². The molecule has 2 aromatic carbocycles. The van der Waals surface area contributed by atoms with Crippen molar-refractivity contribution in [2.75, 3.05) is 19.1 Å². The second-order valence-corrected chi connectivity index (χ2v) is 9.84. The molecule has 2 aliphatic rings. The van der Waals surface area contributed by atoms with Crippen molar-refractivity contribution < 1.29 is 19.2 Å². The zero-order valence-electron chi connectivity index (χ0n) is 19.6. The lowest BCUT2D eigenvalue weighted by molar-refractivity contribution is -0.384. The molecule has 2 heterocycles. The number of imide groups is 1. The van der Waals surface area contributed by atoms with Gasteiger partial charge < -0.3 is 9.64 Å². The van der Waals surface area contributed by atoms with Crippen molar-refractivity contribution in [2.45, 2.75) is 32.9 Å². The SMILES string of the molecule is COc1cc2c(cc1/C=C1/SC(=O)N(Cc3cccc([N+](=O)[O-])c3)C1=O)C(C)=CC(C)(C)N2C. The van der Waals surface area contributed by atoms with Crippen LogP contribution in [-0.2, 0) is 11.3 Å². The Morgan fingerprint density at radius 1 is 1.21 bits per heavy atom. The third-order valence-corrected chi connectivity index (χ3v) is 7.10. The molecule has 8 nitrogen and oxygen atoms in total. The number of anilines is 1. The number of allylic oxidation sites excluding steroid dienone is 1. The van der Waals surface area contributed by atoms with Gasteiger partial charge in [-0.1, -0.05) is 18.2 Å². The summed E-state index contributed by atoms with van der Waals surface area (Å²) in [6.07, 6.45) is 3.86. The lowest BCUT2D eigenvalue weighted by Crippen LogP contribution is -2.42. The number of nitrogens with zero attached hydrogens (tertiary/aromatic N) is 3. The highest BCUT2D eigenvalue weighted by molar-refractivity contribution is 8.18. The van der Waals surface area contributed by atoms with E-state index in [0.29, 0.717) is 16.9 Å². The maximum absolute atomic E-state index is 13.1. The molecular weight excluding hydrogens is 454 g/mol. The number of thioether (sulfide) groups is 1. The molecule has 2 aliphatic heterocycles. The van der Waals surface area contributed by atoms with E-state index in [0.717, 1.165) is 33.5 Å². The van der Waals surface area contributed by atoms with E-state index in [2.05, 4.69) is 31.7 Å². The molecule has 34 heavy (non-hydrogen) atoms. The van der Waals surface area contributed by atoms with Crippen LogP contribution in [-0.4, -0.2) is 40.7 Å². The van der Waals surface area contributed by atoms with E-state index in [1.165, 1.54) is 18.2 Å². The fraction of sp³-hybridized carbons (Fsp3) is 0.280. The van der Waals surface area contributed by atoms with Crippen LogP contribution in [0.2, 0.25) is 0 Å². The lowest BCUT2D eigenvalue weighted by atomic mass is 9.88. The van der Waals surface area contributed by atoms with Gasteiger partial charge in [-0.2, -0.15) is 0 Å². The topological polar surface area (TPSA) is 93.0 Å². The molecule has 0 saturated carbocycles. The summed E-state index contributed by atoms with van der Waals surface area (Å²) < 4.78 is 5.62. The van der Waals surface area contributed by atoms with Crippen LogP contribution < -0.4 is 9.64 Å².